The zero-order valence-electron chi connectivity index (χ0n) is 12.5. The van der Waals surface area contributed by atoms with E-state index in [9.17, 15) is 4.79 Å². The van der Waals surface area contributed by atoms with E-state index in [1.165, 1.54) is 0 Å². The predicted molar refractivity (Wildman–Crippen MR) is 84.3 cm³/mol. The SMILES string of the molecule is CC[C@H](NC(=O)Cc1ccccc1)c1ccc(OC)cc1. The van der Waals surface area contributed by atoms with Gasteiger partial charge in [0.1, 0.15) is 5.75 Å². The summed E-state index contributed by atoms with van der Waals surface area (Å²) in [5.74, 6) is 0.869. The van der Waals surface area contributed by atoms with Crippen molar-refractivity contribution in [2.24, 2.45) is 0 Å². The number of carbonyl (C=O) groups excluding carboxylic acids is 1. The van der Waals surface area contributed by atoms with Crippen LogP contribution in [0, 0.1) is 0 Å². The van der Waals surface area contributed by atoms with Crippen LogP contribution in [0.1, 0.15) is 30.5 Å². The largest absolute Gasteiger partial charge is 0.497 e. The minimum atomic E-state index is 0.0344. The summed E-state index contributed by atoms with van der Waals surface area (Å²) in [5, 5.41) is 3.09. The van der Waals surface area contributed by atoms with Crippen LogP contribution in [0.2, 0.25) is 0 Å². The van der Waals surface area contributed by atoms with Crippen molar-refractivity contribution in [1.29, 1.82) is 0 Å². The Balaban J connectivity index is 1.99. The fourth-order valence-electron chi connectivity index (χ4n) is 2.28. The van der Waals surface area contributed by atoms with E-state index < -0.39 is 0 Å². The third kappa shape index (κ3) is 4.35. The Morgan fingerprint density at radius 2 is 1.76 bits per heavy atom. The van der Waals surface area contributed by atoms with E-state index in [0.29, 0.717) is 6.42 Å². The van der Waals surface area contributed by atoms with E-state index in [1.54, 1.807) is 7.11 Å². The molecule has 0 aliphatic heterocycles. The number of amides is 1. The van der Waals surface area contributed by atoms with Crippen molar-refractivity contribution in [2.45, 2.75) is 25.8 Å². The van der Waals surface area contributed by atoms with E-state index in [1.807, 2.05) is 54.6 Å². The highest BCUT2D eigenvalue weighted by Crippen LogP contribution is 2.20. The molecule has 2 aromatic rings. The first-order valence-corrected chi connectivity index (χ1v) is 7.20. The summed E-state index contributed by atoms with van der Waals surface area (Å²) in [6, 6.07) is 17.6. The first kappa shape index (κ1) is 15.1. The molecule has 0 saturated carbocycles. The van der Waals surface area contributed by atoms with Gasteiger partial charge < -0.3 is 10.1 Å². The maximum absolute atomic E-state index is 12.1. The molecule has 1 N–H and O–H groups in total. The van der Waals surface area contributed by atoms with E-state index >= 15 is 0 Å². The molecule has 0 heterocycles. The first-order valence-electron chi connectivity index (χ1n) is 7.20. The lowest BCUT2D eigenvalue weighted by molar-refractivity contribution is -0.121. The standard InChI is InChI=1S/C18H21NO2/c1-3-17(15-9-11-16(21-2)12-10-15)19-18(20)13-14-7-5-4-6-8-14/h4-12,17H,3,13H2,1-2H3,(H,19,20)/t17-/m0/s1. The van der Waals surface area contributed by atoms with Crippen LogP contribution in [0.5, 0.6) is 5.75 Å². The van der Waals surface area contributed by atoms with Crippen molar-refractivity contribution in [3.63, 3.8) is 0 Å². The van der Waals surface area contributed by atoms with Gasteiger partial charge in [0.2, 0.25) is 5.91 Å². The summed E-state index contributed by atoms with van der Waals surface area (Å²) in [6.07, 6.45) is 1.26. The number of carbonyl (C=O) groups is 1. The average Bonchev–Trinajstić information content (AvgIpc) is 2.53. The van der Waals surface area contributed by atoms with Gasteiger partial charge in [-0.1, -0.05) is 49.4 Å². The molecule has 0 bridgehead atoms. The Kier molecular flexibility index (Phi) is 5.38. The van der Waals surface area contributed by atoms with E-state index in [-0.39, 0.29) is 11.9 Å². The zero-order chi connectivity index (χ0) is 15.1. The number of methoxy groups -OCH3 is 1. The molecular weight excluding hydrogens is 262 g/mol. The summed E-state index contributed by atoms with van der Waals surface area (Å²) < 4.78 is 5.16. The van der Waals surface area contributed by atoms with Crippen molar-refractivity contribution in [3.05, 3.63) is 65.7 Å². The van der Waals surface area contributed by atoms with Crippen LogP contribution in [0.25, 0.3) is 0 Å². The molecule has 0 spiro atoms. The molecule has 2 aromatic carbocycles. The molecule has 110 valence electrons. The highest BCUT2D eigenvalue weighted by atomic mass is 16.5. The summed E-state index contributed by atoms with van der Waals surface area (Å²) in [4.78, 5) is 12.1. The summed E-state index contributed by atoms with van der Waals surface area (Å²) in [6.45, 7) is 2.07. The van der Waals surface area contributed by atoms with Gasteiger partial charge in [0.05, 0.1) is 19.6 Å². The smallest absolute Gasteiger partial charge is 0.224 e. The van der Waals surface area contributed by atoms with Gasteiger partial charge >= 0.3 is 0 Å². The molecule has 0 unspecified atom stereocenters. The van der Waals surface area contributed by atoms with Gasteiger partial charge in [-0.05, 0) is 29.7 Å². The van der Waals surface area contributed by atoms with E-state index in [4.69, 9.17) is 4.74 Å². The van der Waals surface area contributed by atoms with Gasteiger partial charge in [0, 0.05) is 0 Å². The van der Waals surface area contributed by atoms with Crippen molar-refractivity contribution < 1.29 is 9.53 Å². The van der Waals surface area contributed by atoms with Gasteiger partial charge in [-0.3, -0.25) is 4.79 Å². The average molecular weight is 283 g/mol. The fraction of sp³-hybridized carbons (Fsp3) is 0.278. The second kappa shape index (κ2) is 7.48. The minimum absolute atomic E-state index is 0.0344. The van der Waals surface area contributed by atoms with Gasteiger partial charge in [-0.2, -0.15) is 0 Å². The number of hydrogen-bond acceptors (Lipinski definition) is 2. The van der Waals surface area contributed by atoms with E-state index in [0.717, 1.165) is 23.3 Å². The Hall–Kier alpha value is -2.29. The van der Waals surface area contributed by atoms with Gasteiger partial charge in [0.25, 0.3) is 0 Å². The third-order valence-corrected chi connectivity index (χ3v) is 3.47. The number of nitrogens with one attached hydrogen (secondary N) is 1. The molecule has 3 heteroatoms. The van der Waals surface area contributed by atoms with Crippen LogP contribution in [0.15, 0.2) is 54.6 Å². The maximum Gasteiger partial charge on any atom is 0.224 e. The molecule has 21 heavy (non-hydrogen) atoms. The summed E-state index contributed by atoms with van der Waals surface area (Å²) in [5.41, 5.74) is 2.12. The van der Waals surface area contributed by atoms with Crippen molar-refractivity contribution in [3.8, 4) is 5.75 Å². The summed E-state index contributed by atoms with van der Waals surface area (Å²) >= 11 is 0. The van der Waals surface area contributed by atoms with Crippen molar-refractivity contribution in [2.75, 3.05) is 7.11 Å². The van der Waals surface area contributed by atoms with Crippen LogP contribution in [0.4, 0.5) is 0 Å². The van der Waals surface area contributed by atoms with E-state index in [2.05, 4.69) is 12.2 Å². The van der Waals surface area contributed by atoms with Gasteiger partial charge in [-0.25, -0.2) is 0 Å². The number of hydrogen-bond donors (Lipinski definition) is 1. The van der Waals surface area contributed by atoms with Crippen LogP contribution in [-0.2, 0) is 11.2 Å². The normalized spacial score (nSPS) is 11.7. The molecule has 0 saturated heterocycles. The monoisotopic (exact) mass is 283 g/mol. The lowest BCUT2D eigenvalue weighted by Crippen LogP contribution is -2.29. The minimum Gasteiger partial charge on any atom is -0.497 e. The lowest BCUT2D eigenvalue weighted by atomic mass is 10.0. The molecule has 0 aliphatic rings. The Bertz CT molecular complexity index is 564. The Morgan fingerprint density at radius 3 is 2.33 bits per heavy atom. The van der Waals surface area contributed by atoms with Crippen LogP contribution in [0.3, 0.4) is 0 Å². The highest BCUT2D eigenvalue weighted by Gasteiger charge is 2.13. The Morgan fingerprint density at radius 1 is 1.10 bits per heavy atom. The number of benzene rings is 2. The molecule has 0 fully saturated rings. The topological polar surface area (TPSA) is 38.3 Å². The van der Waals surface area contributed by atoms with Crippen LogP contribution in [-0.4, -0.2) is 13.0 Å². The van der Waals surface area contributed by atoms with Crippen LogP contribution >= 0.6 is 0 Å². The van der Waals surface area contributed by atoms with Crippen molar-refractivity contribution >= 4 is 5.91 Å². The second-order valence-electron chi connectivity index (χ2n) is 4.96. The molecule has 2 rings (SSSR count). The van der Waals surface area contributed by atoms with Crippen molar-refractivity contribution in [1.82, 2.24) is 5.32 Å². The molecule has 1 atom stereocenters. The molecular formula is C18H21NO2. The Labute approximate surface area is 126 Å². The third-order valence-electron chi connectivity index (χ3n) is 3.47. The van der Waals surface area contributed by atoms with Gasteiger partial charge in [0.15, 0.2) is 0 Å². The summed E-state index contributed by atoms with van der Waals surface area (Å²) in [7, 11) is 1.65. The molecule has 0 radical (unpaired) electrons. The number of ether oxygens (including phenoxy) is 1. The second-order valence-corrected chi connectivity index (χ2v) is 4.96. The quantitative estimate of drug-likeness (QED) is 0.881. The number of rotatable bonds is 6. The fourth-order valence-corrected chi connectivity index (χ4v) is 2.28. The molecule has 0 aliphatic carbocycles. The van der Waals surface area contributed by atoms with Gasteiger partial charge in [-0.15, -0.1) is 0 Å². The maximum atomic E-state index is 12.1. The molecule has 1 amide bonds. The predicted octanol–water partition coefficient (Wildman–Crippen LogP) is 3.51. The first-order chi connectivity index (χ1) is 10.2. The lowest BCUT2D eigenvalue weighted by Gasteiger charge is -2.18. The van der Waals surface area contributed by atoms with Crippen LogP contribution < -0.4 is 10.1 Å². The highest BCUT2D eigenvalue weighted by molar-refractivity contribution is 5.79. The zero-order valence-corrected chi connectivity index (χ0v) is 12.5. The molecule has 0 aromatic heterocycles. The molecule has 3 nitrogen and oxygen atoms in total.